The highest BCUT2D eigenvalue weighted by atomic mass is 16.2. The van der Waals surface area contributed by atoms with Gasteiger partial charge in [0, 0.05) is 36.2 Å². The van der Waals surface area contributed by atoms with Crippen LogP contribution in [-0.2, 0) is 6.54 Å². The maximum atomic E-state index is 12.2. The van der Waals surface area contributed by atoms with E-state index in [1.807, 2.05) is 12.1 Å². The second kappa shape index (κ2) is 8.28. The molecule has 25 heavy (non-hydrogen) atoms. The second-order valence-corrected chi connectivity index (χ2v) is 6.20. The van der Waals surface area contributed by atoms with E-state index in [4.69, 9.17) is 0 Å². The van der Waals surface area contributed by atoms with Gasteiger partial charge in [0.05, 0.1) is 0 Å². The fraction of sp³-hybridized carbons (Fsp3) is 0.316. The van der Waals surface area contributed by atoms with E-state index in [0.717, 1.165) is 18.4 Å². The number of amides is 3. The minimum atomic E-state index is -0.299. The van der Waals surface area contributed by atoms with Gasteiger partial charge < -0.3 is 16.0 Å². The Hall–Kier alpha value is -2.89. The minimum absolute atomic E-state index is 0.0560. The third-order valence-corrected chi connectivity index (χ3v) is 4.27. The van der Waals surface area contributed by atoms with Crippen LogP contribution >= 0.6 is 0 Å². The van der Waals surface area contributed by atoms with Crippen LogP contribution in [0.4, 0.5) is 10.5 Å². The van der Waals surface area contributed by atoms with Crippen molar-refractivity contribution in [2.75, 3.05) is 5.32 Å². The van der Waals surface area contributed by atoms with Gasteiger partial charge in [0.1, 0.15) is 0 Å². The van der Waals surface area contributed by atoms with Gasteiger partial charge in [-0.25, -0.2) is 4.79 Å². The van der Waals surface area contributed by atoms with E-state index in [0.29, 0.717) is 23.8 Å². The number of anilines is 1. The zero-order chi connectivity index (χ0) is 17.5. The summed E-state index contributed by atoms with van der Waals surface area (Å²) in [6.45, 7) is 0.404. The van der Waals surface area contributed by atoms with Gasteiger partial charge in [-0.2, -0.15) is 0 Å². The number of carbonyl (C=O) groups excluding carboxylic acids is 2. The van der Waals surface area contributed by atoms with Gasteiger partial charge in [0.15, 0.2) is 0 Å². The molecule has 1 saturated carbocycles. The Morgan fingerprint density at radius 3 is 2.52 bits per heavy atom. The van der Waals surface area contributed by atoms with Gasteiger partial charge in [-0.3, -0.25) is 9.78 Å². The molecular formula is C19H22N4O2. The topological polar surface area (TPSA) is 83.1 Å². The van der Waals surface area contributed by atoms with Gasteiger partial charge in [-0.1, -0.05) is 18.9 Å². The number of pyridine rings is 1. The van der Waals surface area contributed by atoms with E-state index in [1.54, 1.807) is 36.7 Å². The standard InChI is InChI=1S/C19H22N4O2/c24-18(22-16-5-1-2-6-16)15-7-9-17(10-8-15)23-19(25)21-13-14-4-3-11-20-12-14/h3-4,7-12,16H,1-2,5-6,13H2,(H,22,24)(H2,21,23,25). The highest BCUT2D eigenvalue weighted by molar-refractivity contribution is 5.95. The van der Waals surface area contributed by atoms with E-state index in [9.17, 15) is 9.59 Å². The molecule has 0 aliphatic heterocycles. The van der Waals surface area contributed by atoms with Gasteiger partial charge in [0.25, 0.3) is 5.91 Å². The van der Waals surface area contributed by atoms with Crippen LogP contribution in [0.3, 0.4) is 0 Å². The van der Waals surface area contributed by atoms with Crippen molar-refractivity contribution in [3.8, 4) is 0 Å². The molecule has 130 valence electrons. The van der Waals surface area contributed by atoms with Crippen LogP contribution in [0, 0.1) is 0 Å². The van der Waals surface area contributed by atoms with E-state index in [-0.39, 0.29) is 11.9 Å². The lowest BCUT2D eigenvalue weighted by Gasteiger charge is -2.12. The molecule has 0 spiro atoms. The van der Waals surface area contributed by atoms with E-state index < -0.39 is 0 Å². The van der Waals surface area contributed by atoms with E-state index in [1.165, 1.54) is 12.8 Å². The van der Waals surface area contributed by atoms with Crippen LogP contribution in [0.2, 0.25) is 0 Å². The largest absolute Gasteiger partial charge is 0.349 e. The Kier molecular flexibility index (Phi) is 5.61. The zero-order valence-corrected chi connectivity index (χ0v) is 14.0. The molecule has 1 aromatic heterocycles. The summed E-state index contributed by atoms with van der Waals surface area (Å²) in [4.78, 5) is 28.1. The molecule has 3 rings (SSSR count). The van der Waals surface area contributed by atoms with Gasteiger partial charge in [-0.05, 0) is 48.7 Å². The Bertz CT molecular complexity index is 710. The fourth-order valence-corrected chi connectivity index (χ4v) is 2.90. The molecule has 1 aliphatic carbocycles. The number of hydrogen-bond acceptors (Lipinski definition) is 3. The average Bonchev–Trinajstić information content (AvgIpc) is 3.14. The number of urea groups is 1. The number of aromatic nitrogens is 1. The second-order valence-electron chi connectivity index (χ2n) is 6.20. The SMILES string of the molecule is O=C(NCc1cccnc1)Nc1ccc(C(=O)NC2CCCC2)cc1. The maximum Gasteiger partial charge on any atom is 0.319 e. The van der Waals surface area contributed by atoms with Crippen molar-refractivity contribution in [3.63, 3.8) is 0 Å². The molecule has 0 radical (unpaired) electrons. The Morgan fingerprint density at radius 2 is 1.84 bits per heavy atom. The number of nitrogens with zero attached hydrogens (tertiary/aromatic N) is 1. The van der Waals surface area contributed by atoms with E-state index in [2.05, 4.69) is 20.9 Å². The first-order valence-corrected chi connectivity index (χ1v) is 8.55. The minimum Gasteiger partial charge on any atom is -0.349 e. The van der Waals surface area contributed by atoms with Crippen LogP contribution < -0.4 is 16.0 Å². The van der Waals surface area contributed by atoms with Crippen LogP contribution in [0.5, 0.6) is 0 Å². The van der Waals surface area contributed by atoms with E-state index >= 15 is 0 Å². The first kappa shape index (κ1) is 17.0. The number of benzene rings is 1. The number of carbonyl (C=O) groups is 2. The summed E-state index contributed by atoms with van der Waals surface area (Å²) in [5.41, 5.74) is 2.17. The quantitative estimate of drug-likeness (QED) is 0.783. The summed E-state index contributed by atoms with van der Waals surface area (Å²) in [6.07, 6.45) is 7.88. The summed E-state index contributed by atoms with van der Waals surface area (Å²) in [5, 5.41) is 8.56. The highest BCUT2D eigenvalue weighted by Gasteiger charge is 2.17. The Labute approximate surface area is 147 Å². The van der Waals surface area contributed by atoms with Crippen LogP contribution in [0.15, 0.2) is 48.8 Å². The molecule has 3 amide bonds. The first-order chi connectivity index (χ1) is 12.2. The van der Waals surface area contributed by atoms with Crippen LogP contribution in [0.25, 0.3) is 0 Å². The smallest absolute Gasteiger partial charge is 0.319 e. The highest BCUT2D eigenvalue weighted by Crippen LogP contribution is 2.18. The van der Waals surface area contributed by atoms with Crippen molar-refractivity contribution in [1.82, 2.24) is 15.6 Å². The summed E-state index contributed by atoms with van der Waals surface area (Å²) in [6, 6.07) is 10.6. The molecule has 0 bridgehead atoms. The molecule has 1 fully saturated rings. The third kappa shape index (κ3) is 5.04. The molecule has 6 heteroatoms. The number of hydrogen-bond donors (Lipinski definition) is 3. The third-order valence-electron chi connectivity index (χ3n) is 4.27. The van der Waals surface area contributed by atoms with Crippen molar-refractivity contribution < 1.29 is 9.59 Å². The predicted molar refractivity (Wildman–Crippen MR) is 96.3 cm³/mol. The molecule has 1 aromatic carbocycles. The molecule has 3 N–H and O–H groups in total. The van der Waals surface area contributed by atoms with Crippen LogP contribution in [-0.4, -0.2) is 23.0 Å². The molecule has 0 saturated heterocycles. The monoisotopic (exact) mass is 338 g/mol. The first-order valence-electron chi connectivity index (χ1n) is 8.55. The van der Waals surface area contributed by atoms with Gasteiger partial charge >= 0.3 is 6.03 Å². The molecular weight excluding hydrogens is 316 g/mol. The molecule has 2 aromatic rings. The summed E-state index contributed by atoms with van der Waals surface area (Å²) in [7, 11) is 0. The zero-order valence-electron chi connectivity index (χ0n) is 14.0. The number of nitrogens with one attached hydrogen (secondary N) is 3. The van der Waals surface area contributed by atoms with Crippen LogP contribution in [0.1, 0.15) is 41.6 Å². The molecule has 1 heterocycles. The average molecular weight is 338 g/mol. The lowest BCUT2D eigenvalue weighted by atomic mass is 10.1. The van der Waals surface area contributed by atoms with Crippen molar-refractivity contribution in [1.29, 1.82) is 0 Å². The lowest BCUT2D eigenvalue weighted by molar-refractivity contribution is 0.0938. The Morgan fingerprint density at radius 1 is 1.08 bits per heavy atom. The normalized spacial score (nSPS) is 14.1. The molecule has 1 aliphatic rings. The Balaban J connectivity index is 1.48. The van der Waals surface area contributed by atoms with Crippen molar-refractivity contribution >= 4 is 17.6 Å². The molecule has 0 atom stereocenters. The summed E-state index contributed by atoms with van der Waals surface area (Å²) in [5.74, 6) is -0.0560. The predicted octanol–water partition coefficient (Wildman–Crippen LogP) is 3.08. The molecule has 6 nitrogen and oxygen atoms in total. The summed E-state index contributed by atoms with van der Waals surface area (Å²) >= 11 is 0. The van der Waals surface area contributed by atoms with Gasteiger partial charge in [-0.15, -0.1) is 0 Å². The number of rotatable bonds is 5. The lowest BCUT2D eigenvalue weighted by Crippen LogP contribution is -2.32. The maximum absolute atomic E-state index is 12.2. The summed E-state index contributed by atoms with van der Waals surface area (Å²) < 4.78 is 0. The van der Waals surface area contributed by atoms with Gasteiger partial charge in [0.2, 0.25) is 0 Å². The molecule has 0 unspecified atom stereocenters. The van der Waals surface area contributed by atoms with Crippen molar-refractivity contribution in [2.24, 2.45) is 0 Å². The van der Waals surface area contributed by atoms with Crippen molar-refractivity contribution in [3.05, 3.63) is 59.9 Å². The van der Waals surface area contributed by atoms with Crippen molar-refractivity contribution in [2.45, 2.75) is 38.3 Å². The fourth-order valence-electron chi connectivity index (χ4n) is 2.90.